The summed E-state index contributed by atoms with van der Waals surface area (Å²) < 4.78 is 3.43. The molecule has 2 heterocycles. The summed E-state index contributed by atoms with van der Waals surface area (Å²) in [5, 5.41) is 14.4. The Morgan fingerprint density at radius 2 is 2.04 bits per heavy atom. The van der Waals surface area contributed by atoms with Gasteiger partial charge < -0.3 is 9.88 Å². The van der Waals surface area contributed by atoms with E-state index < -0.39 is 6.04 Å². The molecular formula is C18H23N7O. The monoisotopic (exact) mass is 353 g/mol. The maximum atomic E-state index is 13.2. The van der Waals surface area contributed by atoms with Gasteiger partial charge in [-0.2, -0.15) is 0 Å². The number of imidazole rings is 1. The second-order valence-corrected chi connectivity index (χ2v) is 6.37. The van der Waals surface area contributed by atoms with Crippen LogP contribution in [0.5, 0.6) is 0 Å². The summed E-state index contributed by atoms with van der Waals surface area (Å²) in [7, 11) is 1.91. The van der Waals surface area contributed by atoms with Crippen LogP contribution in [0.2, 0.25) is 0 Å². The number of carbonyl (C=O) groups is 1. The molecule has 1 aromatic carbocycles. The smallest absolute Gasteiger partial charge is 0.246 e. The lowest BCUT2D eigenvalue weighted by Gasteiger charge is -2.25. The third-order valence-electron chi connectivity index (χ3n) is 4.64. The predicted octanol–water partition coefficient (Wildman–Crippen LogP) is 1.90. The largest absolute Gasteiger partial charge is 0.340 e. The maximum absolute atomic E-state index is 13.2. The molecule has 3 rings (SSSR count). The fourth-order valence-electron chi connectivity index (χ4n) is 2.98. The highest BCUT2D eigenvalue weighted by Gasteiger charge is 2.30. The number of aryl methyl sites for hydroxylation is 1. The normalized spacial score (nSPS) is 14.6. The van der Waals surface area contributed by atoms with Crippen molar-refractivity contribution in [3.05, 3.63) is 60.4 Å². The molecule has 8 nitrogen and oxygen atoms in total. The van der Waals surface area contributed by atoms with E-state index in [1.54, 1.807) is 6.20 Å². The third kappa shape index (κ3) is 3.63. The molecule has 3 aromatic rings. The van der Waals surface area contributed by atoms with E-state index in [4.69, 9.17) is 0 Å². The number of hydrogen-bond donors (Lipinski definition) is 1. The Kier molecular flexibility index (Phi) is 5.40. The Morgan fingerprint density at radius 3 is 2.62 bits per heavy atom. The van der Waals surface area contributed by atoms with Crippen molar-refractivity contribution in [3.8, 4) is 0 Å². The Morgan fingerprint density at radius 1 is 1.27 bits per heavy atom. The minimum absolute atomic E-state index is 0.0799. The van der Waals surface area contributed by atoms with E-state index in [1.807, 2.05) is 62.0 Å². The maximum Gasteiger partial charge on any atom is 0.246 e. The van der Waals surface area contributed by atoms with Crippen LogP contribution in [-0.4, -0.2) is 35.7 Å². The van der Waals surface area contributed by atoms with Crippen molar-refractivity contribution in [2.75, 3.05) is 0 Å². The van der Waals surface area contributed by atoms with Gasteiger partial charge in [-0.05, 0) is 21.9 Å². The molecule has 0 aliphatic rings. The molecule has 26 heavy (non-hydrogen) atoms. The molecule has 0 spiro atoms. The summed E-state index contributed by atoms with van der Waals surface area (Å²) in [4.78, 5) is 17.6. The number of benzene rings is 1. The Bertz CT molecular complexity index is 828. The van der Waals surface area contributed by atoms with Gasteiger partial charge >= 0.3 is 0 Å². The van der Waals surface area contributed by atoms with Gasteiger partial charge in [-0.15, -0.1) is 5.10 Å². The first-order valence-corrected chi connectivity index (χ1v) is 8.66. The fourth-order valence-corrected chi connectivity index (χ4v) is 2.98. The highest BCUT2D eigenvalue weighted by Crippen LogP contribution is 2.24. The van der Waals surface area contributed by atoms with Crippen LogP contribution >= 0.6 is 0 Å². The summed E-state index contributed by atoms with van der Waals surface area (Å²) in [6.07, 6.45) is 5.90. The zero-order chi connectivity index (χ0) is 18.5. The van der Waals surface area contributed by atoms with Gasteiger partial charge in [0, 0.05) is 19.4 Å². The van der Waals surface area contributed by atoms with Crippen LogP contribution in [0.4, 0.5) is 0 Å². The van der Waals surface area contributed by atoms with Crippen molar-refractivity contribution in [3.63, 3.8) is 0 Å². The van der Waals surface area contributed by atoms with Crippen LogP contribution < -0.4 is 5.32 Å². The number of nitrogens with one attached hydrogen (secondary N) is 1. The van der Waals surface area contributed by atoms with Crippen molar-refractivity contribution in [2.24, 2.45) is 13.0 Å². The van der Waals surface area contributed by atoms with Crippen molar-refractivity contribution in [1.29, 1.82) is 0 Å². The van der Waals surface area contributed by atoms with Crippen molar-refractivity contribution in [1.82, 2.24) is 35.1 Å². The molecule has 3 atom stereocenters. The van der Waals surface area contributed by atoms with Gasteiger partial charge in [0.1, 0.15) is 24.2 Å². The molecule has 136 valence electrons. The first-order valence-electron chi connectivity index (χ1n) is 8.66. The second kappa shape index (κ2) is 7.90. The van der Waals surface area contributed by atoms with E-state index in [0.717, 1.165) is 17.8 Å². The van der Waals surface area contributed by atoms with Gasteiger partial charge in [-0.1, -0.05) is 50.6 Å². The minimum atomic E-state index is -0.485. The van der Waals surface area contributed by atoms with E-state index in [0.29, 0.717) is 0 Å². The van der Waals surface area contributed by atoms with Gasteiger partial charge in [0.25, 0.3) is 0 Å². The zero-order valence-corrected chi connectivity index (χ0v) is 15.1. The molecule has 0 radical (unpaired) electrons. The predicted molar refractivity (Wildman–Crippen MR) is 95.9 cm³/mol. The molecule has 2 aromatic heterocycles. The molecule has 0 saturated carbocycles. The second-order valence-electron chi connectivity index (χ2n) is 6.37. The van der Waals surface area contributed by atoms with E-state index in [-0.39, 0.29) is 17.9 Å². The first kappa shape index (κ1) is 17.8. The summed E-state index contributed by atoms with van der Waals surface area (Å²) in [5.74, 6) is 0.712. The molecule has 0 bridgehead atoms. The van der Waals surface area contributed by atoms with Gasteiger partial charge in [-0.25, -0.2) is 9.67 Å². The van der Waals surface area contributed by atoms with Gasteiger partial charge in [-0.3, -0.25) is 4.79 Å². The lowest BCUT2D eigenvalue weighted by molar-refractivity contribution is -0.126. The van der Waals surface area contributed by atoms with Gasteiger partial charge in [0.05, 0.1) is 0 Å². The molecule has 0 fully saturated rings. The Labute approximate surface area is 152 Å². The van der Waals surface area contributed by atoms with Crippen LogP contribution in [-0.2, 0) is 11.8 Å². The Balaban J connectivity index is 1.93. The van der Waals surface area contributed by atoms with Crippen molar-refractivity contribution in [2.45, 2.75) is 32.4 Å². The molecule has 1 unspecified atom stereocenters. The number of aromatic nitrogens is 6. The number of carbonyl (C=O) groups excluding carboxylic acids is 1. The molecule has 8 heteroatoms. The fraction of sp³-hybridized carbons (Fsp3) is 0.389. The first-order chi connectivity index (χ1) is 12.6. The molecule has 0 aliphatic heterocycles. The number of hydrogen-bond acceptors (Lipinski definition) is 5. The standard InChI is InChI=1S/C18H23N7O/c1-4-13(2)16(25-12-20-22-23-25)18(26)21-15(14-8-6-5-7-9-14)17-19-10-11-24(17)3/h5-13,15-16H,4H2,1-3H3,(H,21,26)/t13-,15?,16-/m0/s1. The summed E-state index contributed by atoms with van der Waals surface area (Å²) in [5.41, 5.74) is 0.967. The lowest BCUT2D eigenvalue weighted by Crippen LogP contribution is -2.39. The van der Waals surface area contributed by atoms with Crippen LogP contribution in [0.3, 0.4) is 0 Å². The Hall–Kier alpha value is -3.03. The van der Waals surface area contributed by atoms with E-state index in [2.05, 4.69) is 25.8 Å². The minimum Gasteiger partial charge on any atom is -0.340 e. The van der Waals surface area contributed by atoms with E-state index in [1.165, 1.54) is 11.0 Å². The number of tetrazole rings is 1. The molecule has 1 amide bonds. The van der Waals surface area contributed by atoms with Gasteiger partial charge in [0.2, 0.25) is 5.91 Å². The average Bonchev–Trinajstić information content (AvgIpc) is 3.32. The SMILES string of the molecule is CC[C@H](C)[C@@H](C(=O)NC(c1ccccc1)c1nccn1C)n1cnnn1. The van der Waals surface area contributed by atoms with Crippen molar-refractivity contribution >= 4 is 5.91 Å². The average molecular weight is 353 g/mol. The summed E-state index contributed by atoms with van der Waals surface area (Å²) in [6, 6.07) is 8.97. The van der Waals surface area contributed by atoms with Crippen LogP contribution in [0.1, 0.15) is 43.7 Å². The van der Waals surface area contributed by atoms with Crippen LogP contribution in [0.15, 0.2) is 49.1 Å². The quantitative estimate of drug-likeness (QED) is 0.700. The van der Waals surface area contributed by atoms with Gasteiger partial charge in [0.15, 0.2) is 0 Å². The number of amides is 1. The van der Waals surface area contributed by atoms with Crippen molar-refractivity contribution < 1.29 is 4.79 Å². The molecular weight excluding hydrogens is 330 g/mol. The molecule has 1 N–H and O–H groups in total. The third-order valence-corrected chi connectivity index (χ3v) is 4.64. The van der Waals surface area contributed by atoms with E-state index >= 15 is 0 Å². The lowest BCUT2D eigenvalue weighted by atomic mass is 9.97. The van der Waals surface area contributed by atoms with E-state index in [9.17, 15) is 4.79 Å². The summed E-state index contributed by atoms with van der Waals surface area (Å²) >= 11 is 0. The van der Waals surface area contributed by atoms with Crippen LogP contribution in [0, 0.1) is 5.92 Å². The topological polar surface area (TPSA) is 90.5 Å². The van der Waals surface area contributed by atoms with Crippen LogP contribution in [0.25, 0.3) is 0 Å². The molecule has 0 aliphatic carbocycles. The zero-order valence-electron chi connectivity index (χ0n) is 15.1. The molecule has 0 saturated heterocycles. The summed E-state index contributed by atoms with van der Waals surface area (Å²) in [6.45, 7) is 4.06. The number of nitrogens with zero attached hydrogens (tertiary/aromatic N) is 6. The highest BCUT2D eigenvalue weighted by molar-refractivity contribution is 5.81. The highest BCUT2D eigenvalue weighted by atomic mass is 16.2. The number of rotatable bonds is 7.